The number of fused-ring (bicyclic) bond motifs is 1. The zero-order chi connectivity index (χ0) is 24.5. The van der Waals surface area contributed by atoms with Crippen LogP contribution in [0.15, 0.2) is 45.6 Å². The smallest absolute Gasteiger partial charge is 0.320 e. The van der Waals surface area contributed by atoms with Crippen molar-refractivity contribution in [2.24, 2.45) is 0 Å². The summed E-state index contributed by atoms with van der Waals surface area (Å²) in [5.74, 6) is 0.553. The van der Waals surface area contributed by atoms with Crippen molar-refractivity contribution < 1.29 is 14.3 Å². The van der Waals surface area contributed by atoms with Crippen molar-refractivity contribution in [2.45, 2.75) is 32.7 Å². The molecule has 3 heterocycles. The van der Waals surface area contributed by atoms with Gasteiger partial charge in [0.2, 0.25) is 5.43 Å². The molecule has 35 heavy (non-hydrogen) atoms. The Kier molecular flexibility index (Phi) is 6.71. The molecule has 0 radical (unpaired) electrons. The molecule has 7 nitrogen and oxygen atoms in total. The number of amides is 2. The Morgan fingerprint density at radius 2 is 1.66 bits per heavy atom. The molecule has 1 aromatic heterocycles. The number of hydrogen-bond donors (Lipinski definition) is 1. The Hall–Kier alpha value is -3.03. The molecule has 2 aliphatic rings. The molecule has 2 aromatic carbocycles. The first-order valence-corrected chi connectivity index (χ1v) is 12.6. The molecule has 0 saturated carbocycles. The maximum atomic E-state index is 13.5. The summed E-state index contributed by atoms with van der Waals surface area (Å²) in [6.07, 6.45) is 3.35. The van der Waals surface area contributed by atoms with Gasteiger partial charge in [0.25, 0.3) is 0 Å². The molecule has 1 N–H and O–H groups in total. The molecular formula is C27H30ClN3O4. The molecule has 8 heteroatoms. The number of carbonyl (C=O) groups excluding carboxylic acids is 1. The number of carbonyl (C=O) groups is 1. The number of rotatable bonds is 3. The number of benzene rings is 2. The number of piperidine rings is 1. The highest BCUT2D eigenvalue weighted by Crippen LogP contribution is 2.33. The van der Waals surface area contributed by atoms with Crippen molar-refractivity contribution in [2.75, 3.05) is 39.3 Å². The van der Waals surface area contributed by atoms with Crippen LogP contribution in [0.25, 0.3) is 22.1 Å². The zero-order valence-corrected chi connectivity index (χ0v) is 20.7. The Labute approximate surface area is 209 Å². The van der Waals surface area contributed by atoms with Gasteiger partial charge in [-0.2, -0.15) is 0 Å². The van der Waals surface area contributed by atoms with E-state index in [0.717, 1.165) is 25.9 Å². The lowest BCUT2D eigenvalue weighted by Gasteiger charge is -2.38. The number of phenols is 1. The zero-order valence-electron chi connectivity index (χ0n) is 19.9. The summed E-state index contributed by atoms with van der Waals surface area (Å²) < 4.78 is 6.16. The Bertz CT molecular complexity index is 1310. The normalized spacial score (nSPS) is 17.2. The summed E-state index contributed by atoms with van der Waals surface area (Å²) in [5.41, 5.74) is 1.88. The fraction of sp³-hybridized carbons (Fsp3) is 0.407. The molecule has 2 fully saturated rings. The van der Waals surface area contributed by atoms with E-state index in [1.807, 2.05) is 21.9 Å². The molecule has 184 valence electrons. The van der Waals surface area contributed by atoms with Crippen LogP contribution in [0.1, 0.15) is 30.6 Å². The predicted molar refractivity (Wildman–Crippen MR) is 137 cm³/mol. The number of nitrogens with zero attached hydrogens (tertiary/aromatic N) is 3. The van der Waals surface area contributed by atoms with E-state index >= 15 is 0 Å². The van der Waals surface area contributed by atoms with Gasteiger partial charge in [-0.3, -0.25) is 9.69 Å². The first-order chi connectivity index (χ1) is 16.9. The fourth-order valence-electron chi connectivity index (χ4n) is 5.15. The van der Waals surface area contributed by atoms with Crippen LogP contribution in [-0.2, 0) is 6.54 Å². The number of phenolic OH excluding ortho intramolecular Hbond substituents is 1. The van der Waals surface area contributed by atoms with Crippen LogP contribution in [0.4, 0.5) is 4.79 Å². The molecule has 3 aromatic rings. The second-order valence-corrected chi connectivity index (χ2v) is 9.78. The molecule has 5 rings (SSSR count). The SMILES string of the molecule is Cc1oc2c(CN3CCN(C(=O)N4CCCCC4)CC3)c(O)ccc2c(=O)c1-c1ccccc1Cl. The number of likely N-dealkylation sites (tertiary alicyclic amines) is 1. The van der Waals surface area contributed by atoms with Crippen LogP contribution in [0.2, 0.25) is 5.02 Å². The quantitative estimate of drug-likeness (QED) is 0.562. The molecule has 0 aliphatic carbocycles. The lowest BCUT2D eigenvalue weighted by molar-refractivity contribution is 0.104. The van der Waals surface area contributed by atoms with Crippen molar-refractivity contribution in [3.05, 3.63) is 63.0 Å². The highest BCUT2D eigenvalue weighted by molar-refractivity contribution is 6.33. The van der Waals surface area contributed by atoms with E-state index in [1.165, 1.54) is 6.42 Å². The Morgan fingerprint density at radius 3 is 2.37 bits per heavy atom. The van der Waals surface area contributed by atoms with E-state index in [-0.39, 0.29) is 17.2 Å². The topological polar surface area (TPSA) is 77.2 Å². The minimum absolute atomic E-state index is 0.0948. The largest absolute Gasteiger partial charge is 0.507 e. The van der Waals surface area contributed by atoms with E-state index in [2.05, 4.69) is 4.90 Å². The average molecular weight is 496 g/mol. The van der Waals surface area contributed by atoms with Gasteiger partial charge in [0.15, 0.2) is 0 Å². The Balaban J connectivity index is 1.38. The van der Waals surface area contributed by atoms with E-state index in [4.69, 9.17) is 16.0 Å². The first-order valence-electron chi connectivity index (χ1n) is 12.2. The second-order valence-electron chi connectivity index (χ2n) is 9.38. The molecule has 2 amide bonds. The van der Waals surface area contributed by atoms with Gasteiger partial charge in [0.1, 0.15) is 17.1 Å². The summed E-state index contributed by atoms with van der Waals surface area (Å²) in [4.78, 5) is 32.4. The number of aryl methyl sites for hydroxylation is 1. The molecule has 2 saturated heterocycles. The van der Waals surface area contributed by atoms with Gasteiger partial charge in [-0.15, -0.1) is 0 Å². The predicted octanol–water partition coefficient (Wildman–Crippen LogP) is 4.85. The first kappa shape index (κ1) is 23.7. The maximum Gasteiger partial charge on any atom is 0.320 e. The van der Waals surface area contributed by atoms with Crippen molar-refractivity contribution in [3.63, 3.8) is 0 Å². The summed E-state index contributed by atoms with van der Waals surface area (Å²) in [6, 6.07) is 10.5. The Morgan fingerprint density at radius 1 is 0.971 bits per heavy atom. The van der Waals surface area contributed by atoms with Gasteiger partial charge in [-0.1, -0.05) is 29.8 Å². The molecular weight excluding hydrogens is 466 g/mol. The molecule has 0 atom stereocenters. The van der Waals surface area contributed by atoms with Crippen LogP contribution < -0.4 is 5.43 Å². The summed E-state index contributed by atoms with van der Waals surface area (Å²) in [6.45, 7) is 6.53. The monoisotopic (exact) mass is 495 g/mol. The third-order valence-corrected chi connectivity index (χ3v) is 7.44. The lowest BCUT2D eigenvalue weighted by Crippen LogP contribution is -2.53. The molecule has 0 spiro atoms. The number of urea groups is 1. The number of hydrogen-bond acceptors (Lipinski definition) is 5. The molecule has 2 aliphatic heterocycles. The highest BCUT2D eigenvalue weighted by atomic mass is 35.5. The van der Waals surface area contributed by atoms with E-state index in [1.54, 1.807) is 31.2 Å². The average Bonchev–Trinajstić information content (AvgIpc) is 2.87. The standard InChI is InChI=1S/C27H30ClN3O4/c1-18-24(19-7-3-4-8-22(19)28)25(33)20-9-10-23(32)21(26(20)35-18)17-29-13-15-31(16-14-29)27(34)30-11-5-2-6-12-30/h3-4,7-10,32H,2,5-6,11-17H2,1H3. The summed E-state index contributed by atoms with van der Waals surface area (Å²) >= 11 is 6.36. The van der Waals surface area contributed by atoms with Gasteiger partial charge in [-0.05, 0) is 44.4 Å². The van der Waals surface area contributed by atoms with E-state index in [9.17, 15) is 14.7 Å². The van der Waals surface area contributed by atoms with Gasteiger partial charge in [0.05, 0.1) is 16.5 Å². The van der Waals surface area contributed by atoms with Crippen LogP contribution >= 0.6 is 11.6 Å². The van der Waals surface area contributed by atoms with Crippen LogP contribution in [0.3, 0.4) is 0 Å². The summed E-state index contributed by atoms with van der Waals surface area (Å²) in [7, 11) is 0. The van der Waals surface area contributed by atoms with Crippen molar-refractivity contribution in [3.8, 4) is 16.9 Å². The number of aromatic hydroxyl groups is 1. The van der Waals surface area contributed by atoms with Gasteiger partial charge in [-0.25, -0.2) is 4.79 Å². The van der Waals surface area contributed by atoms with Crippen molar-refractivity contribution in [1.82, 2.24) is 14.7 Å². The minimum atomic E-state index is -0.171. The van der Waals surface area contributed by atoms with Crippen molar-refractivity contribution >= 4 is 28.6 Å². The second kappa shape index (κ2) is 9.91. The fourth-order valence-corrected chi connectivity index (χ4v) is 5.38. The van der Waals surface area contributed by atoms with Crippen LogP contribution in [0, 0.1) is 6.92 Å². The molecule has 0 bridgehead atoms. The van der Waals surface area contributed by atoms with Gasteiger partial charge >= 0.3 is 6.03 Å². The lowest BCUT2D eigenvalue weighted by atomic mass is 10.0. The van der Waals surface area contributed by atoms with Gasteiger partial charge in [0, 0.05) is 56.4 Å². The van der Waals surface area contributed by atoms with Crippen LogP contribution in [0.5, 0.6) is 5.75 Å². The maximum absolute atomic E-state index is 13.5. The third-order valence-electron chi connectivity index (χ3n) is 7.11. The third kappa shape index (κ3) is 4.62. The van der Waals surface area contributed by atoms with Crippen LogP contribution in [-0.4, -0.2) is 65.1 Å². The number of halogens is 1. The number of piperazine rings is 1. The van der Waals surface area contributed by atoms with E-state index < -0.39 is 0 Å². The minimum Gasteiger partial charge on any atom is -0.507 e. The van der Waals surface area contributed by atoms with E-state index in [0.29, 0.717) is 71.2 Å². The van der Waals surface area contributed by atoms with Gasteiger partial charge < -0.3 is 19.3 Å². The highest BCUT2D eigenvalue weighted by Gasteiger charge is 2.27. The van der Waals surface area contributed by atoms with Crippen molar-refractivity contribution in [1.29, 1.82) is 0 Å². The summed E-state index contributed by atoms with van der Waals surface area (Å²) in [5, 5.41) is 11.6. The molecule has 0 unspecified atom stereocenters.